The van der Waals surface area contributed by atoms with Gasteiger partial charge in [0.2, 0.25) is 0 Å². The predicted octanol–water partition coefficient (Wildman–Crippen LogP) is -0.401. The summed E-state index contributed by atoms with van der Waals surface area (Å²) in [7, 11) is 0. The van der Waals surface area contributed by atoms with Gasteiger partial charge in [-0.2, -0.15) is 0 Å². The number of carboxylic acids is 1. The lowest BCUT2D eigenvalue weighted by atomic mass is 10.4. The summed E-state index contributed by atoms with van der Waals surface area (Å²) in [5.74, 6) is -0.936. The predicted molar refractivity (Wildman–Crippen MR) is 41.3 cm³/mol. The van der Waals surface area contributed by atoms with Gasteiger partial charge < -0.3 is 15.5 Å². The van der Waals surface area contributed by atoms with Crippen LogP contribution in [0.4, 0.5) is 0 Å². The molecular weight excluding hydrogens is 146 g/mol. The minimum atomic E-state index is -0.936. The molecule has 4 heteroatoms. The zero-order valence-electron chi connectivity index (χ0n) is 6.29. The lowest BCUT2D eigenvalue weighted by Crippen LogP contribution is -2.16. The Morgan fingerprint density at radius 1 is 1.55 bits per heavy atom. The number of aliphatic hydroxyl groups excluding tert-OH is 1. The summed E-state index contributed by atoms with van der Waals surface area (Å²) < 4.78 is 0. The molecule has 0 spiro atoms. The van der Waals surface area contributed by atoms with Crippen LogP contribution in [-0.4, -0.2) is 35.9 Å². The van der Waals surface area contributed by atoms with Crippen molar-refractivity contribution in [2.24, 2.45) is 0 Å². The van der Waals surface area contributed by atoms with E-state index in [0.29, 0.717) is 19.5 Å². The summed E-state index contributed by atoms with van der Waals surface area (Å²) in [5.41, 5.74) is 0. The van der Waals surface area contributed by atoms with Crippen molar-refractivity contribution in [2.75, 3.05) is 19.7 Å². The van der Waals surface area contributed by atoms with Gasteiger partial charge in [0.05, 0.1) is 0 Å². The van der Waals surface area contributed by atoms with Crippen LogP contribution in [0, 0.1) is 0 Å². The molecule has 0 rings (SSSR count). The molecule has 0 aromatic carbocycles. The van der Waals surface area contributed by atoms with E-state index >= 15 is 0 Å². The molecule has 0 radical (unpaired) electrons. The summed E-state index contributed by atoms with van der Waals surface area (Å²) >= 11 is 0. The molecule has 0 amide bonds. The van der Waals surface area contributed by atoms with Gasteiger partial charge in [-0.3, -0.25) is 0 Å². The number of hydrogen-bond acceptors (Lipinski definition) is 3. The fourth-order valence-corrected chi connectivity index (χ4v) is 0.549. The number of nitrogens with one attached hydrogen (secondary N) is 1. The van der Waals surface area contributed by atoms with E-state index in [2.05, 4.69) is 5.32 Å². The van der Waals surface area contributed by atoms with Crippen molar-refractivity contribution < 1.29 is 15.0 Å². The van der Waals surface area contributed by atoms with Crippen molar-refractivity contribution in [3.63, 3.8) is 0 Å². The third-order valence-corrected chi connectivity index (χ3v) is 1.03. The molecular formula is C7H13NO3. The van der Waals surface area contributed by atoms with Gasteiger partial charge in [-0.25, -0.2) is 4.79 Å². The van der Waals surface area contributed by atoms with Crippen LogP contribution in [0.2, 0.25) is 0 Å². The SMILES string of the molecule is O=C(O)/C=C/CNCCCO. The maximum absolute atomic E-state index is 9.93. The molecule has 0 aliphatic rings. The monoisotopic (exact) mass is 159 g/mol. The van der Waals surface area contributed by atoms with Crippen LogP contribution >= 0.6 is 0 Å². The molecule has 0 aliphatic carbocycles. The van der Waals surface area contributed by atoms with Gasteiger partial charge in [0.1, 0.15) is 0 Å². The maximum Gasteiger partial charge on any atom is 0.328 e. The first-order valence-electron chi connectivity index (χ1n) is 3.48. The van der Waals surface area contributed by atoms with Crippen molar-refractivity contribution in [3.05, 3.63) is 12.2 Å². The van der Waals surface area contributed by atoms with Crippen molar-refractivity contribution in [2.45, 2.75) is 6.42 Å². The Morgan fingerprint density at radius 3 is 2.82 bits per heavy atom. The fourth-order valence-electron chi connectivity index (χ4n) is 0.549. The molecule has 0 aromatic rings. The van der Waals surface area contributed by atoms with Crippen molar-refractivity contribution in [1.82, 2.24) is 5.32 Å². The number of aliphatic carboxylic acids is 1. The fraction of sp³-hybridized carbons (Fsp3) is 0.571. The second-order valence-corrected chi connectivity index (χ2v) is 2.02. The number of aliphatic hydroxyl groups is 1. The van der Waals surface area contributed by atoms with E-state index < -0.39 is 5.97 Å². The first kappa shape index (κ1) is 10.1. The number of carbonyl (C=O) groups is 1. The van der Waals surface area contributed by atoms with Crippen molar-refractivity contribution in [3.8, 4) is 0 Å². The summed E-state index contributed by atoms with van der Waals surface area (Å²) in [6.45, 7) is 1.41. The molecule has 0 heterocycles. The van der Waals surface area contributed by atoms with Crippen LogP contribution in [0.5, 0.6) is 0 Å². The van der Waals surface area contributed by atoms with E-state index in [1.54, 1.807) is 0 Å². The van der Waals surface area contributed by atoms with Gasteiger partial charge in [0.25, 0.3) is 0 Å². The van der Waals surface area contributed by atoms with Gasteiger partial charge >= 0.3 is 5.97 Å². The molecule has 3 N–H and O–H groups in total. The largest absolute Gasteiger partial charge is 0.478 e. The van der Waals surface area contributed by atoms with E-state index in [1.165, 1.54) is 6.08 Å². The zero-order chi connectivity index (χ0) is 8.53. The summed E-state index contributed by atoms with van der Waals surface area (Å²) in [6.07, 6.45) is 3.31. The standard InChI is InChI=1S/C7H13NO3/c9-6-2-5-8-4-1-3-7(10)11/h1,3,8-9H,2,4-6H2,(H,10,11)/b3-1+. The topological polar surface area (TPSA) is 69.6 Å². The van der Waals surface area contributed by atoms with Gasteiger partial charge in [-0.15, -0.1) is 0 Å². The molecule has 0 atom stereocenters. The Kier molecular flexibility index (Phi) is 6.67. The number of rotatable bonds is 6. The second-order valence-electron chi connectivity index (χ2n) is 2.02. The van der Waals surface area contributed by atoms with E-state index in [1.807, 2.05) is 0 Å². The highest BCUT2D eigenvalue weighted by atomic mass is 16.4. The highest BCUT2D eigenvalue weighted by Crippen LogP contribution is 1.73. The van der Waals surface area contributed by atoms with Crippen LogP contribution in [-0.2, 0) is 4.79 Å². The van der Waals surface area contributed by atoms with E-state index in [-0.39, 0.29) is 6.61 Å². The normalized spacial score (nSPS) is 10.6. The molecule has 11 heavy (non-hydrogen) atoms. The number of hydrogen-bond donors (Lipinski definition) is 3. The molecule has 0 aliphatic heterocycles. The van der Waals surface area contributed by atoms with Crippen molar-refractivity contribution >= 4 is 5.97 Å². The minimum absolute atomic E-state index is 0.162. The lowest BCUT2D eigenvalue weighted by molar-refractivity contribution is -0.131. The van der Waals surface area contributed by atoms with Crippen LogP contribution in [0.3, 0.4) is 0 Å². The smallest absolute Gasteiger partial charge is 0.328 e. The molecule has 0 fully saturated rings. The summed E-state index contributed by atoms with van der Waals surface area (Å²) in [4.78, 5) is 9.93. The molecule has 0 saturated carbocycles. The van der Waals surface area contributed by atoms with Gasteiger partial charge in [0.15, 0.2) is 0 Å². The second kappa shape index (κ2) is 7.24. The van der Waals surface area contributed by atoms with Crippen LogP contribution in [0.1, 0.15) is 6.42 Å². The van der Waals surface area contributed by atoms with Crippen LogP contribution in [0.15, 0.2) is 12.2 Å². The molecule has 0 aromatic heterocycles. The third kappa shape index (κ3) is 9.13. The van der Waals surface area contributed by atoms with Gasteiger partial charge in [-0.05, 0) is 13.0 Å². The first-order chi connectivity index (χ1) is 5.27. The first-order valence-corrected chi connectivity index (χ1v) is 3.48. The molecule has 64 valence electrons. The Hall–Kier alpha value is -0.870. The molecule has 4 nitrogen and oxygen atoms in total. The van der Waals surface area contributed by atoms with Gasteiger partial charge in [-0.1, -0.05) is 6.08 Å². The average Bonchev–Trinajstić information content (AvgIpc) is 1.96. The lowest BCUT2D eigenvalue weighted by Gasteiger charge is -1.96. The maximum atomic E-state index is 9.93. The summed E-state index contributed by atoms with van der Waals surface area (Å²) in [5, 5.41) is 19.5. The Balaban J connectivity index is 3.07. The van der Waals surface area contributed by atoms with Crippen LogP contribution < -0.4 is 5.32 Å². The Bertz CT molecular complexity index is 134. The minimum Gasteiger partial charge on any atom is -0.478 e. The van der Waals surface area contributed by atoms with E-state index in [0.717, 1.165) is 6.08 Å². The van der Waals surface area contributed by atoms with E-state index in [9.17, 15) is 4.79 Å². The quantitative estimate of drug-likeness (QED) is 0.364. The Morgan fingerprint density at radius 2 is 2.27 bits per heavy atom. The Labute approximate surface area is 65.5 Å². The summed E-state index contributed by atoms with van der Waals surface area (Å²) in [6, 6.07) is 0. The van der Waals surface area contributed by atoms with E-state index in [4.69, 9.17) is 10.2 Å². The average molecular weight is 159 g/mol. The zero-order valence-corrected chi connectivity index (χ0v) is 6.29. The highest BCUT2D eigenvalue weighted by molar-refractivity contribution is 5.79. The molecule has 0 bridgehead atoms. The third-order valence-electron chi connectivity index (χ3n) is 1.03. The highest BCUT2D eigenvalue weighted by Gasteiger charge is 1.85. The molecule has 0 saturated heterocycles. The van der Waals surface area contributed by atoms with Gasteiger partial charge in [0, 0.05) is 19.2 Å². The van der Waals surface area contributed by atoms with Crippen LogP contribution in [0.25, 0.3) is 0 Å². The van der Waals surface area contributed by atoms with Crippen molar-refractivity contribution in [1.29, 1.82) is 0 Å². The number of carboxylic acid groups (broad SMARTS) is 1. The molecule has 0 unspecified atom stereocenters.